The summed E-state index contributed by atoms with van der Waals surface area (Å²) >= 11 is 6.48. The van der Waals surface area contributed by atoms with Crippen molar-refractivity contribution in [2.45, 2.75) is 13.5 Å². The van der Waals surface area contributed by atoms with E-state index in [1.54, 1.807) is 10.9 Å². The van der Waals surface area contributed by atoms with Crippen LogP contribution in [-0.2, 0) is 6.54 Å². The van der Waals surface area contributed by atoms with Crippen LogP contribution in [0.5, 0.6) is 0 Å². The molecule has 2 N–H and O–H groups in total. The Bertz CT molecular complexity index is 1030. The van der Waals surface area contributed by atoms with Crippen LogP contribution < -0.4 is 5.43 Å². The van der Waals surface area contributed by atoms with E-state index in [2.05, 4.69) is 25.6 Å². The topological polar surface area (TPSA) is 70.9 Å². The summed E-state index contributed by atoms with van der Waals surface area (Å²) in [4.78, 5) is 7.57. The highest BCUT2D eigenvalue weighted by Gasteiger charge is 2.12. The van der Waals surface area contributed by atoms with Crippen LogP contribution in [0.3, 0.4) is 0 Å². The van der Waals surface area contributed by atoms with Crippen LogP contribution in [0.4, 0.5) is 5.95 Å². The highest BCUT2D eigenvalue weighted by molar-refractivity contribution is 6.32. The number of hydrogen-bond donors (Lipinski definition) is 2. The normalized spacial score (nSPS) is 11.5. The number of para-hydroxylation sites is 2. The minimum absolute atomic E-state index is 0.557. The molecule has 0 unspecified atom stereocenters. The second-order valence-electron chi connectivity index (χ2n) is 5.91. The van der Waals surface area contributed by atoms with Gasteiger partial charge in [0, 0.05) is 0 Å². The Kier molecular flexibility index (Phi) is 4.41. The van der Waals surface area contributed by atoms with Gasteiger partial charge < -0.3 is 4.98 Å². The summed E-state index contributed by atoms with van der Waals surface area (Å²) in [6.07, 6.45) is 1.67. The Morgan fingerprint density at radius 2 is 1.92 bits per heavy atom. The van der Waals surface area contributed by atoms with Gasteiger partial charge >= 0.3 is 0 Å². The van der Waals surface area contributed by atoms with Gasteiger partial charge in [-0.05, 0) is 24.6 Å². The number of rotatable bonds is 5. The molecule has 0 aliphatic carbocycles. The van der Waals surface area contributed by atoms with Gasteiger partial charge in [0.1, 0.15) is 5.15 Å². The monoisotopic (exact) mass is 364 g/mol. The molecule has 2 aromatic carbocycles. The number of fused-ring (bicyclic) bond motifs is 1. The summed E-state index contributed by atoms with van der Waals surface area (Å²) in [5, 5.41) is 9.31. The van der Waals surface area contributed by atoms with E-state index in [1.807, 2.05) is 61.5 Å². The molecular formula is C19H17ClN6. The van der Waals surface area contributed by atoms with Crippen LogP contribution >= 0.6 is 11.6 Å². The van der Waals surface area contributed by atoms with Crippen molar-refractivity contribution in [2.24, 2.45) is 5.10 Å². The van der Waals surface area contributed by atoms with E-state index in [0.717, 1.165) is 27.9 Å². The summed E-state index contributed by atoms with van der Waals surface area (Å²) in [5.41, 5.74) is 7.48. The number of hydrazone groups is 1. The molecule has 6 nitrogen and oxygen atoms in total. The molecule has 7 heteroatoms. The third kappa shape index (κ3) is 3.32. The Morgan fingerprint density at radius 1 is 1.15 bits per heavy atom. The molecule has 0 spiro atoms. The lowest BCUT2D eigenvalue weighted by Crippen LogP contribution is -2.01. The molecular weight excluding hydrogens is 348 g/mol. The van der Waals surface area contributed by atoms with Crippen LogP contribution in [0, 0.1) is 6.92 Å². The molecule has 2 aromatic heterocycles. The summed E-state index contributed by atoms with van der Waals surface area (Å²) in [6, 6.07) is 17.9. The first-order chi connectivity index (χ1) is 12.7. The van der Waals surface area contributed by atoms with Crippen molar-refractivity contribution < 1.29 is 0 Å². The largest absolute Gasteiger partial charge is 0.323 e. The predicted octanol–water partition coefficient (Wildman–Crippen LogP) is 4.22. The van der Waals surface area contributed by atoms with Gasteiger partial charge in [0.2, 0.25) is 5.95 Å². The second kappa shape index (κ2) is 7.01. The molecule has 0 bridgehead atoms. The van der Waals surface area contributed by atoms with Crippen LogP contribution in [0.1, 0.15) is 16.8 Å². The van der Waals surface area contributed by atoms with Crippen LogP contribution in [0.15, 0.2) is 59.7 Å². The van der Waals surface area contributed by atoms with Crippen molar-refractivity contribution in [1.82, 2.24) is 19.7 Å². The average Bonchev–Trinajstić information content (AvgIpc) is 3.18. The van der Waals surface area contributed by atoms with Gasteiger partial charge in [-0.1, -0.05) is 54.1 Å². The molecule has 0 aliphatic rings. The third-order valence-electron chi connectivity index (χ3n) is 4.04. The molecule has 0 aliphatic heterocycles. The zero-order valence-corrected chi connectivity index (χ0v) is 14.9. The highest BCUT2D eigenvalue weighted by Crippen LogP contribution is 2.19. The Balaban J connectivity index is 1.51. The lowest BCUT2D eigenvalue weighted by atomic mass is 10.2. The van der Waals surface area contributed by atoms with Crippen molar-refractivity contribution in [3.05, 3.63) is 76.6 Å². The first-order valence-electron chi connectivity index (χ1n) is 8.21. The van der Waals surface area contributed by atoms with Gasteiger partial charge in [-0.2, -0.15) is 10.2 Å². The zero-order valence-electron chi connectivity index (χ0n) is 14.1. The molecule has 0 atom stereocenters. The van der Waals surface area contributed by atoms with Gasteiger partial charge in [0.15, 0.2) is 0 Å². The Labute approximate surface area is 155 Å². The van der Waals surface area contributed by atoms with E-state index in [0.29, 0.717) is 17.6 Å². The number of nitrogens with zero attached hydrogens (tertiary/aromatic N) is 4. The van der Waals surface area contributed by atoms with E-state index < -0.39 is 0 Å². The molecule has 26 heavy (non-hydrogen) atoms. The van der Waals surface area contributed by atoms with Gasteiger partial charge in [0.25, 0.3) is 0 Å². The number of anilines is 1. The van der Waals surface area contributed by atoms with Crippen molar-refractivity contribution in [3.8, 4) is 0 Å². The summed E-state index contributed by atoms with van der Waals surface area (Å²) < 4.78 is 1.77. The summed E-state index contributed by atoms with van der Waals surface area (Å²) in [6.45, 7) is 2.53. The number of imidazole rings is 1. The molecule has 2 heterocycles. The highest BCUT2D eigenvalue weighted by atomic mass is 35.5. The standard InChI is InChI=1S/C19H17ClN6/c1-13-15(18(20)26(25-13)12-14-7-3-2-4-8-14)11-21-24-19-22-16-9-5-6-10-17(16)23-19/h2-11H,12H2,1H3,(H2,22,23,24)/b21-11+. The minimum Gasteiger partial charge on any atom is -0.323 e. The predicted molar refractivity (Wildman–Crippen MR) is 105 cm³/mol. The SMILES string of the molecule is Cc1nn(Cc2ccccc2)c(Cl)c1/C=N/Nc1nc2ccccc2[nH]1. The maximum Gasteiger partial charge on any atom is 0.222 e. The number of nitrogens with one attached hydrogen (secondary N) is 2. The number of hydrogen-bond acceptors (Lipinski definition) is 4. The van der Waals surface area contributed by atoms with E-state index in [1.165, 1.54) is 0 Å². The fourth-order valence-electron chi connectivity index (χ4n) is 2.74. The smallest absolute Gasteiger partial charge is 0.222 e. The van der Waals surface area contributed by atoms with E-state index in [-0.39, 0.29) is 0 Å². The van der Waals surface area contributed by atoms with E-state index in [9.17, 15) is 0 Å². The van der Waals surface area contributed by atoms with Crippen LogP contribution in [0.25, 0.3) is 11.0 Å². The molecule has 0 saturated carbocycles. The maximum absolute atomic E-state index is 6.48. The van der Waals surface area contributed by atoms with Crippen LogP contribution in [-0.4, -0.2) is 26.0 Å². The van der Waals surface area contributed by atoms with Gasteiger partial charge in [0.05, 0.1) is 35.1 Å². The van der Waals surface area contributed by atoms with Gasteiger partial charge in [-0.15, -0.1) is 0 Å². The summed E-state index contributed by atoms with van der Waals surface area (Å²) in [7, 11) is 0. The van der Waals surface area contributed by atoms with E-state index >= 15 is 0 Å². The van der Waals surface area contributed by atoms with Crippen molar-refractivity contribution in [3.63, 3.8) is 0 Å². The molecule has 0 saturated heterocycles. The average molecular weight is 365 g/mol. The van der Waals surface area contributed by atoms with Gasteiger partial charge in [-0.25, -0.2) is 15.1 Å². The Hall–Kier alpha value is -3.12. The number of aromatic nitrogens is 4. The first-order valence-corrected chi connectivity index (χ1v) is 8.59. The minimum atomic E-state index is 0.557. The number of aromatic amines is 1. The van der Waals surface area contributed by atoms with Crippen molar-refractivity contribution in [2.75, 3.05) is 5.43 Å². The first kappa shape index (κ1) is 16.4. The number of benzene rings is 2. The van der Waals surface area contributed by atoms with Crippen LogP contribution in [0.2, 0.25) is 5.15 Å². The molecule has 0 amide bonds. The number of aryl methyl sites for hydroxylation is 1. The number of H-pyrrole nitrogens is 1. The third-order valence-corrected chi connectivity index (χ3v) is 4.44. The molecule has 4 aromatic rings. The molecule has 0 fully saturated rings. The maximum atomic E-state index is 6.48. The Morgan fingerprint density at radius 3 is 2.73 bits per heavy atom. The fourth-order valence-corrected chi connectivity index (χ4v) is 3.02. The molecule has 0 radical (unpaired) electrons. The lowest BCUT2D eigenvalue weighted by Gasteiger charge is -2.03. The zero-order chi connectivity index (χ0) is 17.9. The summed E-state index contributed by atoms with van der Waals surface area (Å²) in [5.74, 6) is 0.577. The quantitative estimate of drug-likeness (QED) is 0.411. The van der Waals surface area contributed by atoms with Crippen molar-refractivity contribution in [1.29, 1.82) is 0 Å². The lowest BCUT2D eigenvalue weighted by molar-refractivity contribution is 0.680. The molecule has 4 rings (SSSR count). The van der Waals surface area contributed by atoms with Gasteiger partial charge in [-0.3, -0.25) is 0 Å². The molecule has 130 valence electrons. The fraction of sp³-hybridized carbons (Fsp3) is 0.105. The second-order valence-corrected chi connectivity index (χ2v) is 6.26. The van der Waals surface area contributed by atoms with Crippen molar-refractivity contribution >= 4 is 34.8 Å². The number of halogens is 1. The van der Waals surface area contributed by atoms with E-state index in [4.69, 9.17) is 11.6 Å².